The molecule has 0 spiro atoms. The number of para-hydroxylation sites is 1. The van der Waals surface area contributed by atoms with Gasteiger partial charge in [0.15, 0.2) is 6.17 Å². The molecule has 1 heterocycles. The summed E-state index contributed by atoms with van der Waals surface area (Å²) < 4.78 is 16.6. The number of carboxylic acid groups (broad SMARTS) is 1. The Balaban J connectivity index is 2.00. The van der Waals surface area contributed by atoms with Crippen LogP contribution >= 0.6 is 0 Å². The largest absolute Gasteiger partial charge is 0.465 e. The number of hydrogen-bond donors (Lipinski definition) is 1. The van der Waals surface area contributed by atoms with Crippen LogP contribution in [0.25, 0.3) is 5.69 Å². The Kier molecular flexibility index (Phi) is 5.30. The number of benzene rings is 2. The van der Waals surface area contributed by atoms with Crippen LogP contribution in [0.2, 0.25) is 0 Å². The molecular weight excluding hydrogens is 349 g/mol. The number of hydrogen-bond acceptors (Lipinski definition) is 3. The maximum absolute atomic E-state index is 15.1. The summed E-state index contributed by atoms with van der Waals surface area (Å²) in [6.07, 6.45) is -1.43. The van der Waals surface area contributed by atoms with E-state index in [-0.39, 0.29) is 17.8 Å². The zero-order valence-electron chi connectivity index (χ0n) is 14.6. The minimum Gasteiger partial charge on any atom is -0.465 e. The Hall–Kier alpha value is -3.48. The van der Waals surface area contributed by atoms with Gasteiger partial charge in [0.05, 0.1) is 5.69 Å². The van der Waals surface area contributed by atoms with Gasteiger partial charge in [-0.05, 0) is 36.8 Å². The van der Waals surface area contributed by atoms with Gasteiger partial charge in [-0.1, -0.05) is 30.3 Å². The predicted molar refractivity (Wildman–Crippen MR) is 100 cm³/mol. The van der Waals surface area contributed by atoms with Crippen LogP contribution in [0.3, 0.4) is 0 Å². The van der Waals surface area contributed by atoms with E-state index in [2.05, 4.69) is 5.10 Å². The molecule has 6 nitrogen and oxygen atoms in total. The van der Waals surface area contributed by atoms with Crippen molar-refractivity contribution in [1.29, 1.82) is 0 Å². The highest BCUT2D eigenvalue weighted by molar-refractivity contribution is 5.86. The second-order valence-corrected chi connectivity index (χ2v) is 5.83. The van der Waals surface area contributed by atoms with Crippen molar-refractivity contribution in [2.45, 2.75) is 13.1 Å². The van der Waals surface area contributed by atoms with Crippen LogP contribution in [0.5, 0.6) is 0 Å². The average molecular weight is 367 g/mol. The summed E-state index contributed by atoms with van der Waals surface area (Å²) >= 11 is 0. The van der Waals surface area contributed by atoms with Crippen LogP contribution in [0.1, 0.15) is 24.4 Å². The van der Waals surface area contributed by atoms with Crippen LogP contribution in [-0.2, 0) is 0 Å². The van der Waals surface area contributed by atoms with Crippen molar-refractivity contribution in [2.75, 3.05) is 11.4 Å². The van der Waals surface area contributed by atoms with Gasteiger partial charge in [0, 0.05) is 24.5 Å². The van der Waals surface area contributed by atoms with Gasteiger partial charge < -0.3 is 5.11 Å². The van der Waals surface area contributed by atoms with E-state index in [4.69, 9.17) is 0 Å². The monoisotopic (exact) mass is 367 g/mol. The molecule has 1 unspecified atom stereocenters. The first-order valence-electron chi connectivity index (χ1n) is 8.41. The summed E-state index contributed by atoms with van der Waals surface area (Å²) in [5, 5.41) is 13.4. The third kappa shape index (κ3) is 3.87. The molecule has 1 aromatic heterocycles. The minimum atomic E-state index is -1.78. The maximum atomic E-state index is 15.1. The third-order valence-electron chi connectivity index (χ3n) is 4.12. The number of aromatic nitrogens is 2. The van der Waals surface area contributed by atoms with Crippen LogP contribution in [0.15, 0.2) is 71.7 Å². The van der Waals surface area contributed by atoms with Crippen LogP contribution in [0, 0.1) is 0 Å². The fourth-order valence-corrected chi connectivity index (χ4v) is 2.76. The second kappa shape index (κ2) is 7.82. The Morgan fingerprint density at radius 1 is 1.19 bits per heavy atom. The fourth-order valence-electron chi connectivity index (χ4n) is 2.76. The normalized spacial score (nSPS) is 11.8. The molecule has 0 aliphatic heterocycles. The molecule has 138 valence electrons. The molecule has 0 saturated carbocycles. The Bertz CT molecular complexity index is 1000. The first-order chi connectivity index (χ1) is 13.0. The molecular formula is C20H18FN3O3. The summed E-state index contributed by atoms with van der Waals surface area (Å²) in [4.78, 5) is 24.6. The fraction of sp³-hybridized carbons (Fsp3) is 0.150. The van der Waals surface area contributed by atoms with E-state index in [1.54, 1.807) is 31.2 Å². The SMILES string of the molecule is CCN(C(=O)O)c1cccc(C(F)c2nn(-c3ccccc3)ccc2=O)c1. The van der Waals surface area contributed by atoms with E-state index in [0.717, 1.165) is 4.90 Å². The molecule has 0 aliphatic carbocycles. The van der Waals surface area contributed by atoms with E-state index in [1.807, 2.05) is 18.2 Å². The van der Waals surface area contributed by atoms with Gasteiger partial charge in [-0.3, -0.25) is 9.69 Å². The van der Waals surface area contributed by atoms with Gasteiger partial charge in [-0.2, -0.15) is 5.10 Å². The first-order valence-corrected chi connectivity index (χ1v) is 8.41. The van der Waals surface area contributed by atoms with E-state index in [1.165, 1.54) is 29.1 Å². The zero-order chi connectivity index (χ0) is 19.4. The standard InChI is InChI=1S/C20H18FN3O3/c1-2-23(20(26)27)16-10-6-7-14(13-16)18(21)19-17(25)11-12-24(22-19)15-8-4-3-5-9-15/h3-13,18H,2H2,1H3,(H,26,27). The van der Waals surface area contributed by atoms with E-state index >= 15 is 4.39 Å². The average Bonchev–Trinajstić information content (AvgIpc) is 2.69. The number of alkyl halides is 1. The number of halogens is 1. The highest BCUT2D eigenvalue weighted by Crippen LogP contribution is 2.26. The molecule has 1 N–H and O–H groups in total. The molecule has 3 aromatic rings. The molecule has 0 radical (unpaired) electrons. The second-order valence-electron chi connectivity index (χ2n) is 5.83. The van der Waals surface area contributed by atoms with Crippen molar-refractivity contribution in [3.63, 3.8) is 0 Å². The summed E-state index contributed by atoms with van der Waals surface area (Å²) in [5.41, 5.74) is 0.428. The van der Waals surface area contributed by atoms with Gasteiger partial charge in [0.2, 0.25) is 5.43 Å². The number of amides is 1. The van der Waals surface area contributed by atoms with Gasteiger partial charge in [-0.25, -0.2) is 13.9 Å². The smallest absolute Gasteiger partial charge is 0.411 e. The molecule has 0 saturated heterocycles. The van der Waals surface area contributed by atoms with Crippen LogP contribution in [0.4, 0.5) is 14.9 Å². The maximum Gasteiger partial charge on any atom is 0.411 e. The zero-order valence-corrected chi connectivity index (χ0v) is 14.6. The Morgan fingerprint density at radius 2 is 1.93 bits per heavy atom. The van der Waals surface area contributed by atoms with Crippen LogP contribution < -0.4 is 10.3 Å². The molecule has 1 atom stereocenters. The van der Waals surface area contributed by atoms with Crippen molar-refractivity contribution in [2.24, 2.45) is 0 Å². The Morgan fingerprint density at radius 3 is 2.59 bits per heavy atom. The molecule has 3 rings (SSSR count). The first kappa shape index (κ1) is 18.3. The summed E-state index contributed by atoms with van der Waals surface area (Å²) in [6.45, 7) is 1.91. The van der Waals surface area contributed by atoms with E-state index in [0.29, 0.717) is 11.4 Å². The quantitative estimate of drug-likeness (QED) is 0.744. The molecule has 7 heteroatoms. The molecule has 0 fully saturated rings. The summed E-state index contributed by atoms with van der Waals surface area (Å²) in [7, 11) is 0. The molecule has 1 amide bonds. The van der Waals surface area contributed by atoms with Crippen LogP contribution in [-0.4, -0.2) is 27.5 Å². The van der Waals surface area contributed by atoms with Crippen molar-refractivity contribution in [1.82, 2.24) is 9.78 Å². The summed E-state index contributed by atoms with van der Waals surface area (Å²) in [5.74, 6) is 0. The lowest BCUT2D eigenvalue weighted by Crippen LogP contribution is -2.28. The van der Waals surface area contributed by atoms with Crippen molar-refractivity contribution in [3.8, 4) is 5.69 Å². The highest BCUT2D eigenvalue weighted by Gasteiger charge is 2.21. The van der Waals surface area contributed by atoms with E-state index in [9.17, 15) is 14.7 Å². The Labute approximate surface area is 155 Å². The lowest BCUT2D eigenvalue weighted by Gasteiger charge is -2.18. The van der Waals surface area contributed by atoms with E-state index < -0.39 is 17.7 Å². The number of carbonyl (C=O) groups is 1. The lowest BCUT2D eigenvalue weighted by molar-refractivity contribution is 0.202. The molecule has 27 heavy (non-hydrogen) atoms. The summed E-state index contributed by atoms with van der Waals surface area (Å²) in [6, 6.07) is 16.4. The number of rotatable bonds is 5. The third-order valence-corrected chi connectivity index (χ3v) is 4.12. The number of anilines is 1. The van der Waals surface area contributed by atoms with Crippen molar-refractivity contribution < 1.29 is 14.3 Å². The highest BCUT2D eigenvalue weighted by atomic mass is 19.1. The van der Waals surface area contributed by atoms with Gasteiger partial charge in [-0.15, -0.1) is 0 Å². The minimum absolute atomic E-state index is 0.169. The molecule has 0 bridgehead atoms. The molecule has 2 aromatic carbocycles. The lowest BCUT2D eigenvalue weighted by atomic mass is 10.1. The molecule has 0 aliphatic rings. The van der Waals surface area contributed by atoms with Gasteiger partial charge in [0.25, 0.3) is 0 Å². The van der Waals surface area contributed by atoms with Gasteiger partial charge >= 0.3 is 6.09 Å². The predicted octanol–water partition coefficient (Wildman–Crippen LogP) is 3.80. The van der Waals surface area contributed by atoms with Crippen molar-refractivity contribution >= 4 is 11.8 Å². The number of nitrogens with zero attached hydrogens (tertiary/aromatic N) is 3. The van der Waals surface area contributed by atoms with Crippen molar-refractivity contribution in [3.05, 3.63) is 88.3 Å². The van der Waals surface area contributed by atoms with Gasteiger partial charge in [0.1, 0.15) is 5.69 Å². The topological polar surface area (TPSA) is 75.4 Å².